The molecule has 0 amide bonds. The molecule has 2 aromatic rings. The fourth-order valence-electron chi connectivity index (χ4n) is 1.93. The zero-order valence-corrected chi connectivity index (χ0v) is 11.3. The van der Waals surface area contributed by atoms with Gasteiger partial charge < -0.3 is 16.2 Å². The molecule has 1 heterocycles. The first kappa shape index (κ1) is 13.1. The molecule has 0 atom stereocenters. The van der Waals surface area contributed by atoms with E-state index in [1.807, 2.05) is 12.1 Å². The summed E-state index contributed by atoms with van der Waals surface area (Å²) in [7, 11) is 1.63. The molecule has 0 spiro atoms. The quantitative estimate of drug-likeness (QED) is 0.883. The summed E-state index contributed by atoms with van der Waals surface area (Å²) in [6.07, 6.45) is 0. The molecule has 0 saturated carbocycles. The summed E-state index contributed by atoms with van der Waals surface area (Å²) in [5, 5.41) is 7.59. The number of anilines is 2. The Balaban J connectivity index is 2.64. The number of methoxy groups -OCH3 is 1. The van der Waals surface area contributed by atoms with Crippen molar-refractivity contribution in [3.8, 4) is 16.9 Å². The van der Waals surface area contributed by atoms with E-state index in [1.165, 1.54) is 5.56 Å². The predicted molar refractivity (Wildman–Crippen MR) is 76.9 cm³/mol. The van der Waals surface area contributed by atoms with Crippen LogP contribution in [-0.2, 0) is 0 Å². The normalized spacial score (nSPS) is 10.7. The second-order valence-corrected chi connectivity index (χ2v) is 4.68. The molecular formula is C14H18N4O. The number of aromatic nitrogens is 2. The van der Waals surface area contributed by atoms with E-state index in [0.717, 1.165) is 16.9 Å². The van der Waals surface area contributed by atoms with E-state index < -0.39 is 0 Å². The van der Waals surface area contributed by atoms with Crippen LogP contribution in [0.1, 0.15) is 25.3 Å². The van der Waals surface area contributed by atoms with E-state index in [-0.39, 0.29) is 0 Å². The standard InChI is InChI=1S/C14H18N4O/c1-8(2)9-4-5-12(19-3)10(6-9)11-7-13(15)17-18-14(11)16/h4-8H,1-3H3,(H2,15,17)(H2,16,18). The Morgan fingerprint density at radius 1 is 1.05 bits per heavy atom. The van der Waals surface area contributed by atoms with E-state index >= 15 is 0 Å². The Bertz CT molecular complexity index is 596. The summed E-state index contributed by atoms with van der Waals surface area (Å²) in [5.74, 6) is 1.83. The van der Waals surface area contributed by atoms with Gasteiger partial charge in [-0.1, -0.05) is 19.9 Å². The van der Waals surface area contributed by atoms with Crippen LogP contribution < -0.4 is 16.2 Å². The van der Waals surface area contributed by atoms with Crippen LogP contribution in [0.15, 0.2) is 24.3 Å². The molecule has 0 fully saturated rings. The van der Waals surface area contributed by atoms with Gasteiger partial charge in [0.1, 0.15) is 11.6 Å². The smallest absolute Gasteiger partial charge is 0.154 e. The van der Waals surface area contributed by atoms with Crippen molar-refractivity contribution in [1.29, 1.82) is 0 Å². The number of nitrogens with two attached hydrogens (primary N) is 2. The molecule has 1 aromatic carbocycles. The molecule has 0 unspecified atom stereocenters. The topological polar surface area (TPSA) is 87.0 Å². The van der Waals surface area contributed by atoms with Crippen LogP contribution in [-0.4, -0.2) is 17.3 Å². The van der Waals surface area contributed by atoms with Crippen LogP contribution in [0.4, 0.5) is 11.6 Å². The predicted octanol–water partition coefficient (Wildman–Crippen LogP) is 2.44. The summed E-state index contributed by atoms with van der Waals surface area (Å²) < 4.78 is 5.38. The fraction of sp³-hybridized carbons (Fsp3) is 0.286. The van der Waals surface area contributed by atoms with E-state index in [4.69, 9.17) is 16.2 Å². The van der Waals surface area contributed by atoms with Crippen LogP contribution in [0.25, 0.3) is 11.1 Å². The minimum atomic E-state index is 0.334. The van der Waals surface area contributed by atoms with Gasteiger partial charge in [-0.3, -0.25) is 0 Å². The molecule has 4 N–H and O–H groups in total. The van der Waals surface area contributed by atoms with Gasteiger partial charge in [-0.15, -0.1) is 10.2 Å². The molecule has 0 radical (unpaired) electrons. The fourth-order valence-corrected chi connectivity index (χ4v) is 1.93. The summed E-state index contributed by atoms with van der Waals surface area (Å²) in [4.78, 5) is 0. The highest BCUT2D eigenvalue weighted by molar-refractivity contribution is 5.80. The Morgan fingerprint density at radius 3 is 2.42 bits per heavy atom. The molecule has 5 nitrogen and oxygen atoms in total. The molecule has 1 aromatic heterocycles. The number of hydrogen-bond donors (Lipinski definition) is 2. The van der Waals surface area contributed by atoms with Crippen molar-refractivity contribution < 1.29 is 4.74 Å². The minimum Gasteiger partial charge on any atom is -0.496 e. The summed E-state index contributed by atoms with van der Waals surface area (Å²) >= 11 is 0. The van der Waals surface area contributed by atoms with Gasteiger partial charge in [0, 0.05) is 11.1 Å². The van der Waals surface area contributed by atoms with Gasteiger partial charge in [0.15, 0.2) is 5.82 Å². The van der Waals surface area contributed by atoms with Gasteiger partial charge in [0.05, 0.1) is 7.11 Å². The second kappa shape index (κ2) is 5.14. The Labute approximate surface area is 112 Å². The lowest BCUT2D eigenvalue weighted by atomic mass is 9.97. The van der Waals surface area contributed by atoms with Crippen molar-refractivity contribution in [3.05, 3.63) is 29.8 Å². The summed E-state index contributed by atoms with van der Waals surface area (Å²) in [5.41, 5.74) is 14.4. The molecule has 5 heteroatoms. The first-order valence-corrected chi connectivity index (χ1v) is 6.10. The third kappa shape index (κ3) is 2.59. The van der Waals surface area contributed by atoms with E-state index in [0.29, 0.717) is 17.6 Å². The number of benzene rings is 1. The van der Waals surface area contributed by atoms with Gasteiger partial charge >= 0.3 is 0 Å². The van der Waals surface area contributed by atoms with Crippen LogP contribution in [0.2, 0.25) is 0 Å². The van der Waals surface area contributed by atoms with E-state index in [9.17, 15) is 0 Å². The third-order valence-corrected chi connectivity index (χ3v) is 3.02. The minimum absolute atomic E-state index is 0.334. The maximum atomic E-state index is 5.89. The average Bonchev–Trinajstić information content (AvgIpc) is 2.40. The van der Waals surface area contributed by atoms with Crippen molar-refractivity contribution in [3.63, 3.8) is 0 Å². The third-order valence-electron chi connectivity index (χ3n) is 3.02. The molecular weight excluding hydrogens is 240 g/mol. The summed E-state index contributed by atoms with van der Waals surface area (Å²) in [6.45, 7) is 4.27. The van der Waals surface area contributed by atoms with Gasteiger partial charge in [-0.25, -0.2) is 0 Å². The second-order valence-electron chi connectivity index (χ2n) is 4.68. The van der Waals surface area contributed by atoms with Gasteiger partial charge in [0.2, 0.25) is 0 Å². The van der Waals surface area contributed by atoms with Crippen LogP contribution >= 0.6 is 0 Å². The van der Waals surface area contributed by atoms with Crippen molar-refractivity contribution in [2.75, 3.05) is 18.6 Å². The van der Waals surface area contributed by atoms with Gasteiger partial charge in [-0.2, -0.15) is 0 Å². The van der Waals surface area contributed by atoms with E-state index in [1.54, 1.807) is 13.2 Å². The number of nitrogens with zero attached hydrogens (tertiary/aromatic N) is 2. The van der Waals surface area contributed by atoms with Crippen molar-refractivity contribution in [1.82, 2.24) is 10.2 Å². The molecule has 100 valence electrons. The number of nitrogen functional groups attached to an aromatic ring is 2. The highest BCUT2D eigenvalue weighted by Crippen LogP contribution is 2.35. The zero-order valence-electron chi connectivity index (χ0n) is 11.3. The van der Waals surface area contributed by atoms with Crippen LogP contribution in [0.3, 0.4) is 0 Å². The molecule has 0 bridgehead atoms. The maximum absolute atomic E-state index is 5.89. The zero-order chi connectivity index (χ0) is 14.0. The maximum Gasteiger partial charge on any atom is 0.154 e. The lowest BCUT2D eigenvalue weighted by Crippen LogP contribution is -2.02. The Kier molecular flexibility index (Phi) is 3.55. The Hall–Kier alpha value is -2.30. The monoisotopic (exact) mass is 258 g/mol. The molecule has 0 aliphatic rings. The molecule has 0 aliphatic carbocycles. The van der Waals surface area contributed by atoms with Gasteiger partial charge in [0.25, 0.3) is 0 Å². The first-order chi connectivity index (χ1) is 9.02. The lowest BCUT2D eigenvalue weighted by molar-refractivity contribution is 0.416. The van der Waals surface area contributed by atoms with Gasteiger partial charge in [-0.05, 0) is 29.7 Å². The largest absolute Gasteiger partial charge is 0.496 e. The van der Waals surface area contributed by atoms with Crippen molar-refractivity contribution >= 4 is 11.6 Å². The molecule has 19 heavy (non-hydrogen) atoms. The summed E-state index contributed by atoms with van der Waals surface area (Å²) in [6, 6.07) is 7.74. The van der Waals surface area contributed by atoms with Crippen LogP contribution in [0, 0.1) is 0 Å². The highest BCUT2D eigenvalue weighted by Gasteiger charge is 2.13. The van der Waals surface area contributed by atoms with Crippen molar-refractivity contribution in [2.45, 2.75) is 19.8 Å². The molecule has 0 saturated heterocycles. The lowest BCUT2D eigenvalue weighted by Gasteiger charge is -2.14. The Morgan fingerprint density at radius 2 is 1.79 bits per heavy atom. The first-order valence-electron chi connectivity index (χ1n) is 6.10. The van der Waals surface area contributed by atoms with Crippen LogP contribution in [0.5, 0.6) is 5.75 Å². The highest BCUT2D eigenvalue weighted by atomic mass is 16.5. The van der Waals surface area contributed by atoms with Crippen molar-refractivity contribution in [2.24, 2.45) is 0 Å². The van der Waals surface area contributed by atoms with E-state index in [2.05, 4.69) is 30.1 Å². The number of ether oxygens (including phenoxy) is 1. The molecule has 2 rings (SSSR count). The number of rotatable bonds is 3. The molecule has 0 aliphatic heterocycles. The average molecular weight is 258 g/mol. The SMILES string of the molecule is COc1ccc(C(C)C)cc1-c1cc(N)nnc1N. The number of hydrogen-bond acceptors (Lipinski definition) is 5.